The van der Waals surface area contributed by atoms with Crippen LogP contribution in [0.3, 0.4) is 0 Å². The van der Waals surface area contributed by atoms with Crippen molar-refractivity contribution in [2.75, 3.05) is 5.43 Å². The fourth-order valence-corrected chi connectivity index (χ4v) is 2.25. The van der Waals surface area contributed by atoms with Gasteiger partial charge in [-0.25, -0.2) is 0 Å². The molecule has 0 saturated carbocycles. The van der Waals surface area contributed by atoms with Crippen molar-refractivity contribution in [1.82, 2.24) is 0 Å². The molecule has 1 N–H and O–H groups in total. The highest BCUT2D eigenvalue weighted by atomic mass is 16.6. The fourth-order valence-electron chi connectivity index (χ4n) is 2.25. The molecule has 0 atom stereocenters. The summed E-state index contributed by atoms with van der Waals surface area (Å²) in [4.78, 5) is 20.6. The van der Waals surface area contributed by atoms with Crippen molar-refractivity contribution < 1.29 is 9.85 Å². The number of nitrogens with zero attached hydrogens (tertiary/aromatic N) is 3. The highest BCUT2D eigenvalue weighted by molar-refractivity contribution is 6.01. The Kier molecular flexibility index (Phi) is 6.16. The third-order valence-corrected chi connectivity index (χ3v) is 3.57. The van der Waals surface area contributed by atoms with Crippen LogP contribution in [0.4, 0.5) is 17.1 Å². The number of hydrazone groups is 1. The van der Waals surface area contributed by atoms with Gasteiger partial charge in [-0.3, -0.25) is 25.7 Å². The van der Waals surface area contributed by atoms with Crippen molar-refractivity contribution in [1.29, 1.82) is 0 Å². The molecular weight excluding hydrogens is 324 g/mol. The number of benzene rings is 2. The minimum atomic E-state index is -0.670. The summed E-state index contributed by atoms with van der Waals surface area (Å²) in [5, 5.41) is 26.3. The predicted molar refractivity (Wildman–Crippen MR) is 95.9 cm³/mol. The molecule has 0 radical (unpaired) electrons. The first-order chi connectivity index (χ1) is 12.0. The number of hydrogen-bond acceptors (Lipinski definition) is 6. The van der Waals surface area contributed by atoms with E-state index in [1.54, 1.807) is 0 Å². The van der Waals surface area contributed by atoms with E-state index in [0.717, 1.165) is 30.2 Å². The van der Waals surface area contributed by atoms with Gasteiger partial charge in [0.1, 0.15) is 5.69 Å². The normalized spacial score (nSPS) is 11.2. The van der Waals surface area contributed by atoms with Crippen LogP contribution in [-0.2, 0) is 0 Å². The maximum absolute atomic E-state index is 11.2. The standard InChI is InChI=1S/C17H18N4O4/c1-2-3-9-15(13-7-5-4-6-8-13)18-19-16-11-10-14(20(22)23)12-17(16)21(24)25/h4-8,10-12,19H,2-3,9H2,1H3/b18-15-. The van der Waals surface area contributed by atoms with Crippen LogP contribution in [0.5, 0.6) is 0 Å². The molecular formula is C17H18N4O4. The van der Waals surface area contributed by atoms with Gasteiger partial charge in [0.25, 0.3) is 5.69 Å². The molecule has 0 aliphatic carbocycles. The Morgan fingerprint density at radius 1 is 1.08 bits per heavy atom. The number of anilines is 1. The Labute approximate surface area is 144 Å². The van der Waals surface area contributed by atoms with Crippen LogP contribution in [0.15, 0.2) is 53.6 Å². The predicted octanol–water partition coefficient (Wildman–Crippen LogP) is 4.51. The summed E-state index contributed by atoms with van der Waals surface area (Å²) in [6.45, 7) is 2.07. The molecule has 8 heteroatoms. The molecule has 0 saturated heterocycles. The Hall–Kier alpha value is -3.29. The van der Waals surface area contributed by atoms with Gasteiger partial charge < -0.3 is 0 Å². The number of hydrogen-bond donors (Lipinski definition) is 1. The number of unbranched alkanes of at least 4 members (excludes halogenated alkanes) is 1. The largest absolute Gasteiger partial charge is 0.301 e. The molecule has 2 rings (SSSR count). The van der Waals surface area contributed by atoms with E-state index < -0.39 is 9.85 Å². The topological polar surface area (TPSA) is 111 Å². The van der Waals surface area contributed by atoms with E-state index in [0.29, 0.717) is 6.42 Å². The number of non-ortho nitro benzene ring substituents is 1. The smallest absolute Gasteiger partial charge is 0.271 e. The first kappa shape index (κ1) is 18.1. The summed E-state index contributed by atoms with van der Waals surface area (Å²) in [5.41, 5.74) is 3.78. The van der Waals surface area contributed by atoms with Gasteiger partial charge >= 0.3 is 5.69 Å². The minimum absolute atomic E-state index is 0.112. The lowest BCUT2D eigenvalue weighted by Gasteiger charge is -2.08. The Balaban J connectivity index is 2.33. The average molecular weight is 342 g/mol. The van der Waals surface area contributed by atoms with E-state index >= 15 is 0 Å². The zero-order chi connectivity index (χ0) is 18.2. The zero-order valence-corrected chi connectivity index (χ0v) is 13.7. The van der Waals surface area contributed by atoms with Crippen molar-refractivity contribution >= 4 is 22.8 Å². The number of rotatable bonds is 8. The van der Waals surface area contributed by atoms with Crippen molar-refractivity contribution in [3.05, 3.63) is 74.3 Å². The molecule has 0 spiro atoms. The molecule has 0 bridgehead atoms. The summed E-state index contributed by atoms with van der Waals surface area (Å²) in [6.07, 6.45) is 2.63. The minimum Gasteiger partial charge on any atom is -0.271 e. The van der Waals surface area contributed by atoms with Gasteiger partial charge in [-0.15, -0.1) is 0 Å². The van der Waals surface area contributed by atoms with Crippen molar-refractivity contribution in [2.24, 2.45) is 5.10 Å². The van der Waals surface area contributed by atoms with Gasteiger partial charge in [-0.2, -0.15) is 5.10 Å². The number of nitro groups is 2. The van der Waals surface area contributed by atoms with Crippen molar-refractivity contribution in [3.63, 3.8) is 0 Å². The Morgan fingerprint density at radius 2 is 1.80 bits per heavy atom. The second-order valence-electron chi connectivity index (χ2n) is 5.36. The third-order valence-electron chi connectivity index (χ3n) is 3.57. The van der Waals surface area contributed by atoms with Gasteiger partial charge in [-0.1, -0.05) is 43.7 Å². The van der Waals surface area contributed by atoms with Gasteiger partial charge in [0.05, 0.1) is 21.6 Å². The first-order valence-electron chi connectivity index (χ1n) is 7.83. The molecule has 0 aromatic heterocycles. The van der Waals surface area contributed by atoms with Crippen molar-refractivity contribution in [3.8, 4) is 0 Å². The quantitative estimate of drug-likeness (QED) is 0.431. The van der Waals surface area contributed by atoms with E-state index in [9.17, 15) is 20.2 Å². The number of nitrogens with one attached hydrogen (secondary N) is 1. The van der Waals surface area contributed by atoms with Gasteiger partial charge in [-0.05, 0) is 24.5 Å². The molecule has 8 nitrogen and oxygen atoms in total. The van der Waals surface area contributed by atoms with Gasteiger partial charge in [0, 0.05) is 6.07 Å². The van der Waals surface area contributed by atoms with Gasteiger partial charge in [0.15, 0.2) is 0 Å². The van der Waals surface area contributed by atoms with Crippen LogP contribution < -0.4 is 5.43 Å². The van der Waals surface area contributed by atoms with Crippen LogP contribution in [0.25, 0.3) is 0 Å². The zero-order valence-electron chi connectivity index (χ0n) is 13.7. The molecule has 130 valence electrons. The molecule has 0 heterocycles. The fraction of sp³-hybridized carbons (Fsp3) is 0.235. The van der Waals surface area contributed by atoms with E-state index in [4.69, 9.17) is 0 Å². The van der Waals surface area contributed by atoms with E-state index in [1.807, 2.05) is 30.3 Å². The molecule has 25 heavy (non-hydrogen) atoms. The average Bonchev–Trinajstić information content (AvgIpc) is 2.62. The second-order valence-corrected chi connectivity index (χ2v) is 5.36. The lowest BCUT2D eigenvalue weighted by molar-refractivity contribution is -0.393. The highest BCUT2D eigenvalue weighted by Gasteiger charge is 2.19. The van der Waals surface area contributed by atoms with Gasteiger partial charge in [0.2, 0.25) is 0 Å². The van der Waals surface area contributed by atoms with E-state index in [1.165, 1.54) is 12.1 Å². The molecule has 0 amide bonds. The summed E-state index contributed by atoms with van der Waals surface area (Å²) < 4.78 is 0. The van der Waals surface area contributed by atoms with Crippen molar-refractivity contribution in [2.45, 2.75) is 26.2 Å². The van der Waals surface area contributed by atoms with Crippen LogP contribution in [0.2, 0.25) is 0 Å². The first-order valence-corrected chi connectivity index (χ1v) is 7.83. The highest BCUT2D eigenvalue weighted by Crippen LogP contribution is 2.29. The van der Waals surface area contributed by atoms with Crippen LogP contribution in [-0.4, -0.2) is 15.6 Å². The van der Waals surface area contributed by atoms with Crippen LogP contribution in [0.1, 0.15) is 31.7 Å². The van der Waals surface area contributed by atoms with Crippen LogP contribution >= 0.6 is 0 Å². The molecule has 0 fully saturated rings. The van der Waals surface area contributed by atoms with E-state index in [2.05, 4.69) is 17.5 Å². The molecule has 0 aliphatic heterocycles. The Bertz CT molecular complexity index is 790. The monoisotopic (exact) mass is 342 g/mol. The summed E-state index contributed by atoms with van der Waals surface area (Å²) in [6, 6.07) is 12.9. The second kappa shape index (κ2) is 8.53. The summed E-state index contributed by atoms with van der Waals surface area (Å²) in [5.74, 6) is 0. The summed E-state index contributed by atoms with van der Waals surface area (Å²) >= 11 is 0. The maximum Gasteiger partial charge on any atom is 0.301 e. The lowest BCUT2D eigenvalue weighted by atomic mass is 10.1. The third kappa shape index (κ3) is 4.84. The summed E-state index contributed by atoms with van der Waals surface area (Å²) in [7, 11) is 0. The lowest BCUT2D eigenvalue weighted by Crippen LogP contribution is -2.06. The maximum atomic E-state index is 11.2. The molecule has 2 aromatic carbocycles. The molecule has 0 aliphatic rings. The molecule has 0 unspecified atom stereocenters. The SMILES string of the molecule is CCCC/C(=N/Nc1ccc([N+](=O)[O-])cc1[N+](=O)[O-])c1ccccc1. The Morgan fingerprint density at radius 3 is 2.40 bits per heavy atom. The number of nitro benzene ring substituents is 2. The van der Waals surface area contributed by atoms with Crippen LogP contribution in [0, 0.1) is 20.2 Å². The molecule has 2 aromatic rings. The van der Waals surface area contributed by atoms with E-state index in [-0.39, 0.29) is 17.1 Å².